The maximum atomic E-state index is 11.6. The molecule has 0 saturated heterocycles. The molecule has 2 N–H and O–H groups in total. The summed E-state index contributed by atoms with van der Waals surface area (Å²) in [7, 11) is 1.29. The Balaban J connectivity index is 2.41. The Bertz CT molecular complexity index is 617. The van der Waals surface area contributed by atoms with Crippen molar-refractivity contribution >= 4 is 23.3 Å². The van der Waals surface area contributed by atoms with Gasteiger partial charge in [-0.3, -0.25) is 4.98 Å². The summed E-state index contributed by atoms with van der Waals surface area (Å²) in [5.74, 6) is 0.0752. The quantitative estimate of drug-likeness (QED) is 0.690. The van der Waals surface area contributed by atoms with Crippen molar-refractivity contribution in [1.29, 1.82) is 0 Å². The Hall–Kier alpha value is -2.27. The van der Waals surface area contributed by atoms with Gasteiger partial charge in [-0.05, 0) is 12.1 Å². The number of hydrogen-bond donors (Lipinski definition) is 1. The van der Waals surface area contributed by atoms with Crippen LogP contribution in [0.3, 0.4) is 0 Å². The van der Waals surface area contributed by atoms with Crippen LogP contribution in [-0.2, 0) is 4.74 Å². The molecule has 0 aliphatic rings. The zero-order valence-electron chi connectivity index (χ0n) is 10.1. The predicted molar refractivity (Wildman–Crippen MR) is 71.5 cm³/mol. The lowest BCUT2D eigenvalue weighted by Crippen LogP contribution is -2.05. The number of esters is 1. The van der Waals surface area contributed by atoms with Gasteiger partial charge in [0.15, 0.2) is 5.75 Å². The molecule has 0 spiro atoms. The number of carbonyl (C=O) groups excluding carboxylic acids is 1. The number of halogens is 1. The van der Waals surface area contributed by atoms with E-state index in [0.29, 0.717) is 16.5 Å². The molecule has 2 aromatic rings. The van der Waals surface area contributed by atoms with Crippen molar-refractivity contribution in [2.45, 2.75) is 0 Å². The maximum Gasteiger partial charge on any atom is 0.341 e. The number of methoxy groups -OCH3 is 1. The molecule has 0 aliphatic heterocycles. The summed E-state index contributed by atoms with van der Waals surface area (Å²) in [6, 6.07) is 6.40. The van der Waals surface area contributed by atoms with Crippen molar-refractivity contribution < 1.29 is 14.3 Å². The van der Waals surface area contributed by atoms with E-state index in [2.05, 4.69) is 9.72 Å². The van der Waals surface area contributed by atoms with Crippen molar-refractivity contribution in [1.82, 2.24) is 4.98 Å². The second-order valence-corrected chi connectivity index (χ2v) is 4.09. The van der Waals surface area contributed by atoms with Crippen LogP contribution in [0.4, 0.5) is 5.69 Å². The van der Waals surface area contributed by atoms with Gasteiger partial charge in [0.05, 0.1) is 24.0 Å². The van der Waals surface area contributed by atoms with Gasteiger partial charge in [0.1, 0.15) is 11.3 Å². The number of carbonyl (C=O) groups is 1. The Morgan fingerprint density at radius 2 is 2.16 bits per heavy atom. The number of aromatic nitrogens is 1. The van der Waals surface area contributed by atoms with E-state index in [4.69, 9.17) is 22.1 Å². The van der Waals surface area contributed by atoms with E-state index in [-0.39, 0.29) is 11.3 Å². The van der Waals surface area contributed by atoms with Gasteiger partial charge in [-0.15, -0.1) is 0 Å². The molecule has 0 saturated carbocycles. The number of ether oxygens (including phenoxy) is 2. The number of para-hydroxylation sites is 1. The van der Waals surface area contributed by atoms with Crippen LogP contribution in [0.25, 0.3) is 0 Å². The van der Waals surface area contributed by atoms with Crippen molar-refractivity contribution in [3.05, 3.63) is 47.2 Å². The van der Waals surface area contributed by atoms with Gasteiger partial charge in [-0.25, -0.2) is 4.79 Å². The topological polar surface area (TPSA) is 74.4 Å². The molecule has 0 radical (unpaired) electrons. The van der Waals surface area contributed by atoms with Crippen LogP contribution in [0.15, 0.2) is 36.7 Å². The number of nitrogen functional groups attached to an aromatic ring is 1. The van der Waals surface area contributed by atoms with Gasteiger partial charge in [0, 0.05) is 12.3 Å². The number of benzene rings is 1. The summed E-state index contributed by atoms with van der Waals surface area (Å²) < 4.78 is 10.2. The molecule has 2 rings (SSSR count). The van der Waals surface area contributed by atoms with Crippen molar-refractivity contribution in [3.63, 3.8) is 0 Å². The SMILES string of the molecule is COC(=O)c1cccc(N)c1Oc1cncc(Cl)c1. The lowest BCUT2D eigenvalue weighted by Gasteiger charge is -2.12. The molecule has 0 aliphatic carbocycles. The second kappa shape index (κ2) is 5.58. The molecule has 0 fully saturated rings. The van der Waals surface area contributed by atoms with E-state index in [9.17, 15) is 4.79 Å². The number of nitrogens with two attached hydrogens (primary N) is 1. The number of hydrogen-bond acceptors (Lipinski definition) is 5. The Morgan fingerprint density at radius 3 is 2.84 bits per heavy atom. The fourth-order valence-electron chi connectivity index (χ4n) is 1.51. The fourth-order valence-corrected chi connectivity index (χ4v) is 1.67. The molecule has 6 heteroatoms. The van der Waals surface area contributed by atoms with Gasteiger partial charge in [0.2, 0.25) is 0 Å². The van der Waals surface area contributed by atoms with Gasteiger partial charge in [0.25, 0.3) is 0 Å². The highest BCUT2D eigenvalue weighted by atomic mass is 35.5. The zero-order valence-corrected chi connectivity index (χ0v) is 10.8. The molecular formula is C13H11ClN2O3. The Kier molecular flexibility index (Phi) is 3.87. The van der Waals surface area contributed by atoms with Crippen LogP contribution in [0.1, 0.15) is 10.4 Å². The van der Waals surface area contributed by atoms with Crippen LogP contribution < -0.4 is 10.5 Å². The number of pyridine rings is 1. The monoisotopic (exact) mass is 278 g/mol. The van der Waals surface area contributed by atoms with Gasteiger partial charge in [-0.1, -0.05) is 17.7 Å². The summed E-state index contributed by atoms with van der Waals surface area (Å²) in [4.78, 5) is 15.5. The van der Waals surface area contributed by atoms with Crippen LogP contribution >= 0.6 is 11.6 Å². The molecule has 0 amide bonds. The first-order valence-corrected chi connectivity index (χ1v) is 5.75. The van der Waals surface area contributed by atoms with Gasteiger partial charge >= 0.3 is 5.97 Å². The third-order valence-corrected chi connectivity index (χ3v) is 2.56. The minimum absolute atomic E-state index is 0.221. The molecule has 1 aromatic heterocycles. The Morgan fingerprint density at radius 1 is 1.37 bits per heavy atom. The summed E-state index contributed by atoms with van der Waals surface area (Å²) in [6.07, 6.45) is 2.95. The van der Waals surface area contributed by atoms with E-state index >= 15 is 0 Å². The van der Waals surface area contributed by atoms with Crippen LogP contribution in [0, 0.1) is 0 Å². The number of nitrogens with zero attached hydrogens (tertiary/aromatic N) is 1. The van der Waals surface area contributed by atoms with E-state index in [1.54, 1.807) is 24.3 Å². The maximum absolute atomic E-state index is 11.6. The third-order valence-electron chi connectivity index (χ3n) is 2.35. The molecule has 0 atom stereocenters. The first-order valence-electron chi connectivity index (χ1n) is 5.37. The lowest BCUT2D eigenvalue weighted by molar-refractivity contribution is 0.0598. The standard InChI is InChI=1S/C13H11ClN2O3/c1-18-13(17)10-3-2-4-11(15)12(10)19-9-5-8(14)6-16-7-9/h2-7H,15H2,1H3. The molecule has 19 heavy (non-hydrogen) atoms. The molecule has 1 heterocycles. The van der Waals surface area contributed by atoms with E-state index in [0.717, 1.165) is 0 Å². The number of rotatable bonds is 3. The van der Waals surface area contributed by atoms with E-state index < -0.39 is 5.97 Å². The molecule has 0 unspecified atom stereocenters. The van der Waals surface area contributed by atoms with Crippen LogP contribution in [-0.4, -0.2) is 18.1 Å². The molecule has 1 aromatic carbocycles. The largest absolute Gasteiger partial charge is 0.465 e. The highest BCUT2D eigenvalue weighted by Gasteiger charge is 2.16. The third kappa shape index (κ3) is 2.95. The number of anilines is 1. The van der Waals surface area contributed by atoms with E-state index in [1.807, 2.05) is 0 Å². The minimum Gasteiger partial charge on any atom is -0.465 e. The molecule has 0 bridgehead atoms. The highest BCUT2D eigenvalue weighted by molar-refractivity contribution is 6.30. The predicted octanol–water partition coefficient (Wildman–Crippen LogP) is 2.90. The van der Waals surface area contributed by atoms with Crippen molar-refractivity contribution in [3.8, 4) is 11.5 Å². The summed E-state index contributed by atoms with van der Waals surface area (Å²) in [5, 5.41) is 0.423. The normalized spacial score (nSPS) is 10.0. The minimum atomic E-state index is -0.530. The van der Waals surface area contributed by atoms with E-state index in [1.165, 1.54) is 19.5 Å². The Labute approximate surface area is 114 Å². The second-order valence-electron chi connectivity index (χ2n) is 3.66. The average molecular weight is 279 g/mol. The average Bonchev–Trinajstić information content (AvgIpc) is 2.40. The summed E-state index contributed by atoms with van der Waals surface area (Å²) in [6.45, 7) is 0. The summed E-state index contributed by atoms with van der Waals surface area (Å²) >= 11 is 5.82. The molecular weight excluding hydrogens is 268 g/mol. The molecule has 98 valence electrons. The summed E-state index contributed by atoms with van der Waals surface area (Å²) in [5.41, 5.74) is 6.37. The smallest absolute Gasteiger partial charge is 0.341 e. The van der Waals surface area contributed by atoms with Gasteiger partial charge in [-0.2, -0.15) is 0 Å². The fraction of sp³-hybridized carbons (Fsp3) is 0.0769. The molecule has 5 nitrogen and oxygen atoms in total. The van der Waals surface area contributed by atoms with Crippen LogP contribution in [0.2, 0.25) is 5.02 Å². The van der Waals surface area contributed by atoms with Crippen molar-refractivity contribution in [2.24, 2.45) is 0 Å². The zero-order chi connectivity index (χ0) is 13.8. The lowest BCUT2D eigenvalue weighted by atomic mass is 10.1. The highest BCUT2D eigenvalue weighted by Crippen LogP contribution is 2.32. The van der Waals surface area contributed by atoms with Crippen molar-refractivity contribution in [2.75, 3.05) is 12.8 Å². The first kappa shape index (κ1) is 13.2. The van der Waals surface area contributed by atoms with Crippen LogP contribution in [0.5, 0.6) is 11.5 Å². The van der Waals surface area contributed by atoms with Gasteiger partial charge < -0.3 is 15.2 Å². The first-order chi connectivity index (χ1) is 9.11.